The maximum Gasteiger partial charge on any atom is 0.260 e. The molecule has 0 unspecified atom stereocenters. The van der Waals surface area contributed by atoms with Crippen molar-refractivity contribution in [2.75, 3.05) is 11.1 Å². The molecule has 19 heavy (non-hydrogen) atoms. The lowest BCUT2D eigenvalue weighted by Gasteiger charge is -2.07. The molecule has 0 aliphatic heterocycles. The minimum atomic E-state index is -0.489. The Kier molecular flexibility index (Phi) is 3.41. The van der Waals surface area contributed by atoms with Crippen molar-refractivity contribution in [2.45, 2.75) is 13.8 Å². The molecule has 0 saturated carbocycles. The number of nitrogen functional groups attached to an aromatic ring is 1. The number of carbonyl (C=O) groups is 1. The van der Waals surface area contributed by atoms with E-state index in [1.807, 2.05) is 0 Å². The molecule has 3 N–H and O–H groups in total. The molecule has 0 aliphatic carbocycles. The Balaban J connectivity index is 2.25. The van der Waals surface area contributed by atoms with Gasteiger partial charge in [0.25, 0.3) is 5.91 Å². The van der Waals surface area contributed by atoms with Crippen LogP contribution < -0.4 is 11.1 Å². The molecule has 0 spiro atoms. The third-order valence-corrected chi connectivity index (χ3v) is 2.47. The van der Waals surface area contributed by atoms with Gasteiger partial charge in [0.05, 0.1) is 5.56 Å². The van der Waals surface area contributed by atoms with Crippen LogP contribution in [-0.4, -0.2) is 15.9 Å². The highest BCUT2D eigenvalue weighted by molar-refractivity contribution is 6.06. The van der Waals surface area contributed by atoms with Gasteiger partial charge in [-0.15, -0.1) is 0 Å². The molecular weight excluding hydrogens is 247 g/mol. The van der Waals surface area contributed by atoms with E-state index in [0.29, 0.717) is 0 Å². The summed E-state index contributed by atoms with van der Waals surface area (Å²) < 4.78 is 12.9. The molecule has 98 valence electrons. The first-order chi connectivity index (χ1) is 8.95. The summed E-state index contributed by atoms with van der Waals surface area (Å²) in [6, 6.07) is 5.38. The van der Waals surface area contributed by atoms with Crippen LogP contribution in [-0.2, 0) is 0 Å². The molecule has 1 aromatic heterocycles. The average molecular weight is 260 g/mol. The number of aryl methyl sites for hydroxylation is 2. The molecule has 0 fully saturated rings. The van der Waals surface area contributed by atoms with Gasteiger partial charge >= 0.3 is 0 Å². The molecule has 0 radical (unpaired) electrons. The van der Waals surface area contributed by atoms with Crippen LogP contribution in [0.25, 0.3) is 0 Å². The van der Waals surface area contributed by atoms with Crippen LogP contribution in [0.15, 0.2) is 24.3 Å². The first-order valence-electron chi connectivity index (χ1n) is 5.64. The minimum absolute atomic E-state index is 0.0712. The number of hydrogen-bond donors (Lipinski definition) is 2. The van der Waals surface area contributed by atoms with Crippen molar-refractivity contribution < 1.29 is 9.18 Å². The largest absolute Gasteiger partial charge is 0.398 e. The molecule has 2 aromatic rings. The zero-order valence-corrected chi connectivity index (χ0v) is 10.6. The number of amides is 1. The van der Waals surface area contributed by atoms with Gasteiger partial charge < -0.3 is 5.73 Å². The van der Waals surface area contributed by atoms with Gasteiger partial charge in [-0.1, -0.05) is 0 Å². The van der Waals surface area contributed by atoms with Gasteiger partial charge in [0.2, 0.25) is 5.95 Å². The van der Waals surface area contributed by atoms with Crippen molar-refractivity contribution in [1.82, 2.24) is 9.97 Å². The molecule has 0 bridgehead atoms. The Morgan fingerprint density at radius 3 is 2.42 bits per heavy atom. The SMILES string of the molecule is Cc1cc(C)nc(NC(=O)c2ccc(F)cc2N)n1. The fraction of sp³-hybridized carbons (Fsp3) is 0.154. The van der Waals surface area contributed by atoms with Gasteiger partial charge in [-0.05, 0) is 38.1 Å². The van der Waals surface area contributed by atoms with Crippen molar-refractivity contribution in [3.63, 3.8) is 0 Å². The smallest absolute Gasteiger partial charge is 0.260 e. The lowest BCUT2D eigenvalue weighted by molar-refractivity contribution is 0.102. The molecule has 1 aromatic carbocycles. The van der Waals surface area contributed by atoms with Crippen molar-refractivity contribution in [3.05, 3.63) is 47.0 Å². The Morgan fingerprint density at radius 1 is 1.21 bits per heavy atom. The van der Waals surface area contributed by atoms with Crippen LogP contribution in [0.3, 0.4) is 0 Å². The second kappa shape index (κ2) is 5.01. The number of nitrogens with one attached hydrogen (secondary N) is 1. The van der Waals surface area contributed by atoms with E-state index in [0.717, 1.165) is 17.5 Å². The van der Waals surface area contributed by atoms with Gasteiger partial charge in [-0.2, -0.15) is 0 Å². The van der Waals surface area contributed by atoms with Crippen molar-refractivity contribution in [3.8, 4) is 0 Å². The lowest BCUT2D eigenvalue weighted by Crippen LogP contribution is -2.16. The van der Waals surface area contributed by atoms with E-state index in [9.17, 15) is 9.18 Å². The third-order valence-electron chi connectivity index (χ3n) is 2.47. The second-order valence-electron chi connectivity index (χ2n) is 4.16. The Morgan fingerprint density at radius 2 is 1.84 bits per heavy atom. The Bertz CT molecular complexity index is 622. The average Bonchev–Trinajstić information content (AvgIpc) is 2.26. The summed E-state index contributed by atoms with van der Waals surface area (Å²) >= 11 is 0. The predicted octanol–water partition coefficient (Wildman–Crippen LogP) is 2.07. The number of nitrogens with zero attached hydrogens (tertiary/aromatic N) is 2. The summed E-state index contributed by atoms with van der Waals surface area (Å²) in [6.07, 6.45) is 0. The first kappa shape index (κ1) is 12.9. The number of hydrogen-bond acceptors (Lipinski definition) is 4. The number of aromatic nitrogens is 2. The van der Waals surface area contributed by atoms with Crippen LogP contribution in [0.1, 0.15) is 21.7 Å². The molecule has 1 amide bonds. The highest BCUT2D eigenvalue weighted by Crippen LogP contribution is 2.15. The van der Waals surface area contributed by atoms with E-state index in [1.165, 1.54) is 12.1 Å². The van der Waals surface area contributed by atoms with E-state index in [2.05, 4.69) is 15.3 Å². The highest BCUT2D eigenvalue weighted by atomic mass is 19.1. The number of benzene rings is 1. The normalized spacial score (nSPS) is 10.3. The minimum Gasteiger partial charge on any atom is -0.398 e. The van der Waals surface area contributed by atoms with E-state index in [-0.39, 0.29) is 17.2 Å². The topological polar surface area (TPSA) is 80.9 Å². The zero-order valence-electron chi connectivity index (χ0n) is 10.6. The number of rotatable bonds is 2. The number of carbonyl (C=O) groups excluding carboxylic acids is 1. The van der Waals surface area contributed by atoms with Gasteiger partial charge in [0, 0.05) is 17.1 Å². The fourth-order valence-corrected chi connectivity index (χ4v) is 1.69. The first-order valence-corrected chi connectivity index (χ1v) is 5.64. The fourth-order valence-electron chi connectivity index (χ4n) is 1.69. The van der Waals surface area contributed by atoms with E-state index in [4.69, 9.17) is 5.73 Å². The molecule has 0 aliphatic rings. The molecule has 0 saturated heterocycles. The van der Waals surface area contributed by atoms with E-state index < -0.39 is 11.7 Å². The van der Waals surface area contributed by atoms with Crippen molar-refractivity contribution in [2.24, 2.45) is 0 Å². The Labute approximate surface area is 109 Å². The van der Waals surface area contributed by atoms with Crippen LogP contribution in [0.2, 0.25) is 0 Å². The summed E-state index contributed by atoms with van der Waals surface area (Å²) in [4.78, 5) is 20.2. The quantitative estimate of drug-likeness (QED) is 0.810. The number of anilines is 2. The molecule has 2 rings (SSSR count). The summed E-state index contributed by atoms with van der Waals surface area (Å²) in [7, 11) is 0. The zero-order chi connectivity index (χ0) is 14.0. The Hall–Kier alpha value is -2.50. The molecule has 0 atom stereocenters. The van der Waals surface area contributed by atoms with Crippen LogP contribution in [0.5, 0.6) is 0 Å². The molecule has 5 nitrogen and oxygen atoms in total. The molecular formula is C13H13FN4O. The van der Waals surface area contributed by atoms with Crippen LogP contribution in [0, 0.1) is 19.7 Å². The maximum absolute atomic E-state index is 12.9. The second-order valence-corrected chi connectivity index (χ2v) is 4.16. The summed E-state index contributed by atoms with van der Waals surface area (Å²) in [5.74, 6) is -0.759. The summed E-state index contributed by atoms with van der Waals surface area (Å²) in [6.45, 7) is 3.60. The van der Waals surface area contributed by atoms with Gasteiger partial charge in [-0.3, -0.25) is 10.1 Å². The summed E-state index contributed by atoms with van der Waals surface area (Å²) in [5, 5.41) is 2.54. The monoisotopic (exact) mass is 260 g/mol. The lowest BCUT2D eigenvalue weighted by atomic mass is 10.1. The van der Waals surface area contributed by atoms with E-state index in [1.54, 1.807) is 19.9 Å². The standard InChI is InChI=1S/C13H13FN4O/c1-7-5-8(2)17-13(16-7)18-12(19)10-4-3-9(14)6-11(10)15/h3-6H,15H2,1-2H3,(H,16,17,18,19). The third kappa shape index (κ3) is 3.04. The summed E-state index contributed by atoms with van der Waals surface area (Å²) in [5.41, 5.74) is 7.34. The maximum atomic E-state index is 12.9. The van der Waals surface area contributed by atoms with Gasteiger partial charge in [0.1, 0.15) is 5.82 Å². The van der Waals surface area contributed by atoms with Crippen molar-refractivity contribution in [1.29, 1.82) is 0 Å². The van der Waals surface area contributed by atoms with E-state index >= 15 is 0 Å². The van der Waals surface area contributed by atoms with Crippen LogP contribution in [0.4, 0.5) is 16.0 Å². The molecule has 6 heteroatoms. The number of halogens is 1. The van der Waals surface area contributed by atoms with Crippen LogP contribution >= 0.6 is 0 Å². The number of nitrogens with two attached hydrogens (primary N) is 1. The van der Waals surface area contributed by atoms with Gasteiger partial charge in [0.15, 0.2) is 0 Å². The predicted molar refractivity (Wildman–Crippen MR) is 70.3 cm³/mol. The highest BCUT2D eigenvalue weighted by Gasteiger charge is 2.12. The van der Waals surface area contributed by atoms with Gasteiger partial charge in [-0.25, -0.2) is 14.4 Å². The molecule has 1 heterocycles. The van der Waals surface area contributed by atoms with Crippen molar-refractivity contribution >= 4 is 17.5 Å².